The first-order valence-electron chi connectivity index (χ1n) is 7.81. The second kappa shape index (κ2) is 9.13. The van der Waals surface area contributed by atoms with Gasteiger partial charge in [0, 0.05) is 45.6 Å². The number of likely N-dealkylation sites (N-methyl/N-ethyl adjacent to an activating group) is 1. The van der Waals surface area contributed by atoms with Gasteiger partial charge >= 0.3 is 0 Å². The van der Waals surface area contributed by atoms with Crippen molar-refractivity contribution in [3.05, 3.63) is 23.0 Å². The van der Waals surface area contributed by atoms with Crippen LogP contribution in [0.15, 0.2) is 17.3 Å². The summed E-state index contributed by atoms with van der Waals surface area (Å²) in [6.45, 7) is 1.71. The average molecular weight is 454 g/mol. The van der Waals surface area contributed by atoms with E-state index >= 15 is 0 Å². The molecule has 1 saturated carbocycles. The standard InChI is InChI=1S/C16H28ClN5.HI/c1-18-16(19-9-15(20(2)3)12-6-7-12)22(5)11-14-8-13(17)10-21(14)4;/h8,10,12,15H,6-7,9,11H2,1-5H3,(H,18,19);1H. The molecule has 7 heteroatoms. The number of halogens is 2. The van der Waals surface area contributed by atoms with Gasteiger partial charge in [0.1, 0.15) is 0 Å². The summed E-state index contributed by atoms with van der Waals surface area (Å²) in [6, 6.07) is 2.58. The average Bonchev–Trinajstić information content (AvgIpc) is 3.21. The van der Waals surface area contributed by atoms with Crippen molar-refractivity contribution in [1.29, 1.82) is 0 Å². The third-order valence-corrected chi connectivity index (χ3v) is 4.55. The smallest absolute Gasteiger partial charge is 0.193 e. The lowest BCUT2D eigenvalue weighted by atomic mass is 10.1. The Kier molecular flexibility index (Phi) is 8.17. The number of guanidine groups is 1. The minimum atomic E-state index is 0. The maximum Gasteiger partial charge on any atom is 0.193 e. The molecule has 0 spiro atoms. The van der Waals surface area contributed by atoms with E-state index in [2.05, 4.69) is 45.8 Å². The predicted octanol–water partition coefficient (Wildman–Crippen LogP) is 2.64. The minimum absolute atomic E-state index is 0. The van der Waals surface area contributed by atoms with Crippen LogP contribution in [0.25, 0.3) is 0 Å². The number of nitrogens with zero attached hydrogens (tertiary/aromatic N) is 4. The Morgan fingerprint density at radius 3 is 2.52 bits per heavy atom. The zero-order chi connectivity index (χ0) is 16.3. The molecule has 0 radical (unpaired) electrons. The van der Waals surface area contributed by atoms with E-state index < -0.39 is 0 Å². The summed E-state index contributed by atoms with van der Waals surface area (Å²) in [5.41, 5.74) is 1.17. The molecule has 1 aliphatic carbocycles. The van der Waals surface area contributed by atoms with E-state index in [0.717, 1.165) is 30.0 Å². The number of hydrogen-bond acceptors (Lipinski definition) is 2. The van der Waals surface area contributed by atoms with Crippen molar-refractivity contribution < 1.29 is 0 Å². The fourth-order valence-electron chi connectivity index (χ4n) is 2.87. The van der Waals surface area contributed by atoms with Gasteiger partial charge in [0.15, 0.2) is 5.96 Å². The Bertz CT molecular complexity index is 523. The maximum atomic E-state index is 6.05. The van der Waals surface area contributed by atoms with Gasteiger partial charge in [0.25, 0.3) is 0 Å². The summed E-state index contributed by atoms with van der Waals surface area (Å²) >= 11 is 6.05. The van der Waals surface area contributed by atoms with Gasteiger partial charge in [0.05, 0.1) is 11.6 Å². The molecule has 1 aromatic heterocycles. The number of aryl methyl sites for hydroxylation is 1. The first kappa shape index (κ1) is 20.6. The number of hydrogen-bond donors (Lipinski definition) is 1. The van der Waals surface area contributed by atoms with Gasteiger partial charge in [-0.2, -0.15) is 0 Å². The molecule has 1 atom stereocenters. The molecule has 0 saturated heterocycles. The van der Waals surface area contributed by atoms with E-state index in [0.29, 0.717) is 6.04 Å². The number of nitrogens with one attached hydrogen (secondary N) is 1. The highest BCUT2D eigenvalue weighted by Gasteiger charge is 2.32. The lowest BCUT2D eigenvalue weighted by Crippen LogP contribution is -2.46. The van der Waals surface area contributed by atoms with E-state index in [1.54, 1.807) is 0 Å². The Hall–Kier alpha value is -0.470. The fourth-order valence-corrected chi connectivity index (χ4v) is 3.15. The molecule has 0 amide bonds. The lowest BCUT2D eigenvalue weighted by molar-refractivity contribution is 0.262. The van der Waals surface area contributed by atoms with Gasteiger partial charge in [-0.1, -0.05) is 11.6 Å². The third kappa shape index (κ3) is 5.83. The van der Waals surface area contributed by atoms with Gasteiger partial charge in [-0.3, -0.25) is 4.99 Å². The van der Waals surface area contributed by atoms with E-state index in [9.17, 15) is 0 Å². The third-order valence-electron chi connectivity index (χ3n) is 4.35. The second-order valence-corrected chi connectivity index (χ2v) is 6.85. The highest BCUT2D eigenvalue weighted by molar-refractivity contribution is 14.0. The Morgan fingerprint density at radius 2 is 2.09 bits per heavy atom. The van der Waals surface area contributed by atoms with Gasteiger partial charge in [-0.05, 0) is 38.9 Å². The maximum absolute atomic E-state index is 6.05. The van der Waals surface area contributed by atoms with E-state index in [-0.39, 0.29) is 24.0 Å². The molecule has 0 aromatic carbocycles. The zero-order valence-electron chi connectivity index (χ0n) is 14.7. The quantitative estimate of drug-likeness (QED) is 0.409. The molecular weight excluding hydrogens is 425 g/mol. The van der Waals surface area contributed by atoms with Crippen LogP contribution in [0, 0.1) is 5.92 Å². The topological polar surface area (TPSA) is 35.8 Å². The summed E-state index contributed by atoms with van der Waals surface area (Å²) in [4.78, 5) is 8.85. The second-order valence-electron chi connectivity index (χ2n) is 6.41. The van der Waals surface area contributed by atoms with Crippen LogP contribution in [0.1, 0.15) is 18.5 Å². The molecule has 5 nitrogen and oxygen atoms in total. The molecule has 23 heavy (non-hydrogen) atoms. The van der Waals surface area contributed by atoms with Crippen LogP contribution in [-0.4, -0.2) is 61.1 Å². The summed E-state index contributed by atoms with van der Waals surface area (Å²) in [7, 11) is 10.2. The summed E-state index contributed by atoms with van der Waals surface area (Å²) in [5.74, 6) is 1.75. The van der Waals surface area contributed by atoms with Crippen molar-refractivity contribution in [3.63, 3.8) is 0 Å². The highest BCUT2D eigenvalue weighted by Crippen LogP contribution is 2.34. The normalized spacial score (nSPS) is 16.2. The van der Waals surface area contributed by atoms with Crippen LogP contribution < -0.4 is 5.32 Å². The summed E-state index contributed by atoms with van der Waals surface area (Å²) < 4.78 is 2.05. The molecule has 0 bridgehead atoms. The van der Waals surface area contributed by atoms with Crippen LogP contribution >= 0.6 is 35.6 Å². The van der Waals surface area contributed by atoms with Crippen molar-refractivity contribution in [2.24, 2.45) is 18.0 Å². The van der Waals surface area contributed by atoms with Crippen molar-refractivity contribution in [3.8, 4) is 0 Å². The van der Waals surface area contributed by atoms with Gasteiger partial charge in [-0.15, -0.1) is 24.0 Å². The van der Waals surface area contributed by atoms with Gasteiger partial charge < -0.3 is 19.7 Å². The Morgan fingerprint density at radius 1 is 1.43 bits per heavy atom. The minimum Gasteiger partial charge on any atom is -0.355 e. The van der Waals surface area contributed by atoms with Crippen molar-refractivity contribution in [2.45, 2.75) is 25.4 Å². The molecule has 2 rings (SSSR count). The molecular formula is C16H29ClIN5. The zero-order valence-corrected chi connectivity index (χ0v) is 17.8. The molecule has 1 N–H and O–H groups in total. The molecule has 0 aliphatic heterocycles. The molecule has 1 unspecified atom stereocenters. The van der Waals surface area contributed by atoms with Gasteiger partial charge in [0.2, 0.25) is 0 Å². The predicted molar refractivity (Wildman–Crippen MR) is 109 cm³/mol. The SMILES string of the molecule is CN=C(NCC(C1CC1)N(C)C)N(C)Cc1cc(Cl)cn1C.I. The van der Waals surface area contributed by atoms with Gasteiger partial charge in [-0.25, -0.2) is 0 Å². The Balaban J connectivity index is 0.00000264. The number of aliphatic imine (C=N–C) groups is 1. The van der Waals surface area contributed by atoms with Crippen molar-refractivity contribution in [2.75, 3.05) is 34.7 Å². The first-order valence-corrected chi connectivity index (χ1v) is 8.19. The highest BCUT2D eigenvalue weighted by atomic mass is 127. The van der Waals surface area contributed by atoms with E-state index in [1.165, 1.54) is 18.5 Å². The van der Waals surface area contributed by atoms with Crippen LogP contribution in [0.5, 0.6) is 0 Å². The molecule has 1 aliphatic rings. The number of rotatable bonds is 6. The van der Waals surface area contributed by atoms with Crippen LogP contribution in [0.4, 0.5) is 0 Å². The van der Waals surface area contributed by atoms with Crippen molar-refractivity contribution in [1.82, 2.24) is 19.7 Å². The Labute approximate surface area is 162 Å². The number of aromatic nitrogens is 1. The van der Waals surface area contributed by atoms with Crippen LogP contribution in [0.2, 0.25) is 5.02 Å². The molecule has 132 valence electrons. The largest absolute Gasteiger partial charge is 0.355 e. The van der Waals surface area contributed by atoms with Crippen molar-refractivity contribution >= 4 is 41.5 Å². The van der Waals surface area contributed by atoms with E-state index in [1.807, 2.05) is 26.4 Å². The first-order chi connectivity index (χ1) is 10.4. The fraction of sp³-hybridized carbons (Fsp3) is 0.688. The molecule has 1 fully saturated rings. The van der Waals surface area contributed by atoms with Crippen LogP contribution in [0.3, 0.4) is 0 Å². The van der Waals surface area contributed by atoms with Crippen LogP contribution in [-0.2, 0) is 13.6 Å². The lowest BCUT2D eigenvalue weighted by Gasteiger charge is -2.28. The molecule has 1 heterocycles. The molecule has 1 aromatic rings. The van der Waals surface area contributed by atoms with E-state index in [4.69, 9.17) is 11.6 Å². The monoisotopic (exact) mass is 453 g/mol. The summed E-state index contributed by atoms with van der Waals surface area (Å²) in [5, 5.41) is 4.28. The summed E-state index contributed by atoms with van der Waals surface area (Å²) in [6.07, 6.45) is 4.62.